The zero-order valence-corrected chi connectivity index (χ0v) is 11.3. The molecule has 2 atom stereocenters. The minimum atomic E-state index is -1.01. The zero-order valence-electron chi connectivity index (χ0n) is 9.47. The molecule has 0 heterocycles. The van der Waals surface area contributed by atoms with E-state index in [0.717, 1.165) is 12.0 Å². The molecule has 0 saturated heterocycles. The van der Waals surface area contributed by atoms with Crippen molar-refractivity contribution in [3.05, 3.63) is 29.8 Å². The smallest absolute Gasteiger partial charge is 0.115 e. The summed E-state index contributed by atoms with van der Waals surface area (Å²) >= 11 is 5.33. The Morgan fingerprint density at radius 1 is 1.50 bits per heavy atom. The molecule has 2 unspecified atom stereocenters. The molecular formula is C11H17N2OPS. The Labute approximate surface area is 102 Å². The number of phenolic OH excluding ortho intramolecular Hbond substituents is 1. The molecule has 0 amide bonds. The molecule has 1 aromatic rings. The Bertz CT molecular complexity index is 378. The predicted octanol–water partition coefficient (Wildman–Crippen LogP) is 2.71. The van der Waals surface area contributed by atoms with Crippen LogP contribution in [0.15, 0.2) is 29.4 Å². The van der Waals surface area contributed by atoms with Gasteiger partial charge in [0.05, 0.1) is 6.21 Å². The third kappa shape index (κ3) is 4.33. The zero-order chi connectivity index (χ0) is 12.0. The summed E-state index contributed by atoms with van der Waals surface area (Å²) in [5.41, 5.74) is 1.47. The van der Waals surface area contributed by atoms with Crippen molar-refractivity contribution >= 4 is 24.9 Å². The Kier molecular flexibility index (Phi) is 5.50. The summed E-state index contributed by atoms with van der Waals surface area (Å²) < 4.78 is 0. The summed E-state index contributed by atoms with van der Waals surface area (Å²) in [5, 5.41) is 16.2. The SMILES string of the molecule is CCC(C)[PH](=S)N/N=C/c1ccc(O)cc1. The molecule has 5 heteroatoms. The summed E-state index contributed by atoms with van der Waals surface area (Å²) in [6.07, 6.45) is 2.80. The minimum absolute atomic E-state index is 0.262. The number of nitrogens with zero attached hydrogens (tertiary/aromatic N) is 1. The molecule has 1 aromatic carbocycles. The lowest BCUT2D eigenvalue weighted by molar-refractivity contribution is 0.475. The Hall–Kier alpha value is -0.860. The summed E-state index contributed by atoms with van der Waals surface area (Å²) in [7, 11) is 0. The van der Waals surface area contributed by atoms with E-state index in [0.29, 0.717) is 5.66 Å². The molecule has 1 rings (SSSR count). The van der Waals surface area contributed by atoms with Crippen LogP contribution >= 0.6 is 6.85 Å². The maximum atomic E-state index is 9.10. The lowest BCUT2D eigenvalue weighted by atomic mass is 10.2. The molecule has 0 bridgehead atoms. The topological polar surface area (TPSA) is 44.6 Å². The predicted molar refractivity (Wildman–Crippen MR) is 74.3 cm³/mol. The number of hydrogen-bond acceptors (Lipinski definition) is 3. The van der Waals surface area contributed by atoms with Gasteiger partial charge in [-0.15, -0.1) is 0 Å². The van der Waals surface area contributed by atoms with Gasteiger partial charge in [-0.05, 0) is 36.2 Å². The summed E-state index contributed by atoms with van der Waals surface area (Å²) in [5.74, 6) is 0.262. The molecule has 16 heavy (non-hydrogen) atoms. The molecular weight excluding hydrogens is 239 g/mol. The lowest BCUT2D eigenvalue weighted by Gasteiger charge is -2.10. The van der Waals surface area contributed by atoms with Crippen molar-refractivity contribution in [1.82, 2.24) is 5.20 Å². The fourth-order valence-corrected chi connectivity index (χ4v) is 2.47. The fourth-order valence-electron chi connectivity index (χ4n) is 1.03. The van der Waals surface area contributed by atoms with Gasteiger partial charge in [-0.2, -0.15) is 5.10 Å². The molecule has 88 valence electrons. The van der Waals surface area contributed by atoms with Crippen LogP contribution in [0.3, 0.4) is 0 Å². The quantitative estimate of drug-likeness (QED) is 0.483. The third-order valence-electron chi connectivity index (χ3n) is 2.34. The van der Waals surface area contributed by atoms with E-state index < -0.39 is 6.85 Å². The fraction of sp³-hybridized carbons (Fsp3) is 0.364. The van der Waals surface area contributed by atoms with Gasteiger partial charge >= 0.3 is 0 Å². The van der Waals surface area contributed by atoms with Gasteiger partial charge in [-0.3, -0.25) is 5.20 Å². The highest BCUT2D eigenvalue weighted by atomic mass is 32.4. The second-order valence-corrected chi connectivity index (χ2v) is 6.89. The van der Waals surface area contributed by atoms with Crippen molar-refractivity contribution in [2.45, 2.75) is 25.9 Å². The van der Waals surface area contributed by atoms with Gasteiger partial charge in [0.25, 0.3) is 0 Å². The van der Waals surface area contributed by atoms with Gasteiger partial charge in [0, 0.05) is 12.5 Å². The van der Waals surface area contributed by atoms with Crippen LogP contribution in [-0.2, 0) is 11.8 Å². The number of phenols is 1. The van der Waals surface area contributed by atoms with E-state index in [1.54, 1.807) is 30.5 Å². The van der Waals surface area contributed by atoms with Crippen LogP contribution in [0.25, 0.3) is 0 Å². The van der Waals surface area contributed by atoms with Gasteiger partial charge in [0.2, 0.25) is 0 Å². The second-order valence-electron chi connectivity index (χ2n) is 3.64. The minimum Gasteiger partial charge on any atom is -0.508 e. The maximum Gasteiger partial charge on any atom is 0.115 e. The van der Waals surface area contributed by atoms with Gasteiger partial charge in [0.1, 0.15) is 5.75 Å². The average molecular weight is 256 g/mol. The van der Waals surface area contributed by atoms with Crippen LogP contribution in [0.5, 0.6) is 5.75 Å². The van der Waals surface area contributed by atoms with Gasteiger partial charge < -0.3 is 5.11 Å². The Morgan fingerprint density at radius 2 is 2.12 bits per heavy atom. The molecule has 0 saturated carbocycles. The first-order valence-electron chi connectivity index (χ1n) is 5.25. The van der Waals surface area contributed by atoms with Crippen LogP contribution in [0, 0.1) is 0 Å². The van der Waals surface area contributed by atoms with Crippen LogP contribution in [0.2, 0.25) is 0 Å². The number of hydrogen-bond donors (Lipinski definition) is 2. The van der Waals surface area contributed by atoms with E-state index in [-0.39, 0.29) is 5.75 Å². The molecule has 3 nitrogen and oxygen atoms in total. The van der Waals surface area contributed by atoms with E-state index >= 15 is 0 Å². The summed E-state index contributed by atoms with van der Waals surface area (Å²) in [6, 6.07) is 6.88. The summed E-state index contributed by atoms with van der Waals surface area (Å²) in [4.78, 5) is 0. The van der Waals surface area contributed by atoms with Crippen molar-refractivity contribution in [2.75, 3.05) is 0 Å². The molecule has 0 aliphatic carbocycles. The molecule has 0 fully saturated rings. The summed E-state index contributed by atoms with van der Waals surface area (Å²) in [6.45, 7) is 3.27. The number of nitrogens with one attached hydrogen (secondary N) is 1. The van der Waals surface area contributed by atoms with E-state index in [1.807, 2.05) is 0 Å². The first-order valence-corrected chi connectivity index (χ1v) is 7.96. The average Bonchev–Trinajstić information content (AvgIpc) is 2.30. The van der Waals surface area contributed by atoms with Crippen LogP contribution in [0.4, 0.5) is 0 Å². The van der Waals surface area contributed by atoms with Crippen molar-refractivity contribution in [2.24, 2.45) is 5.10 Å². The second kappa shape index (κ2) is 6.66. The van der Waals surface area contributed by atoms with E-state index in [1.165, 1.54) is 0 Å². The number of hydrazone groups is 1. The van der Waals surface area contributed by atoms with Crippen molar-refractivity contribution in [3.63, 3.8) is 0 Å². The highest BCUT2D eigenvalue weighted by Crippen LogP contribution is 2.25. The van der Waals surface area contributed by atoms with Crippen LogP contribution < -0.4 is 5.20 Å². The first kappa shape index (κ1) is 13.2. The largest absolute Gasteiger partial charge is 0.508 e. The van der Waals surface area contributed by atoms with Gasteiger partial charge in [0.15, 0.2) is 0 Å². The normalized spacial score (nSPS) is 14.9. The molecule has 0 spiro atoms. The van der Waals surface area contributed by atoms with E-state index in [9.17, 15) is 0 Å². The number of rotatable bonds is 5. The maximum absolute atomic E-state index is 9.10. The van der Waals surface area contributed by atoms with Crippen molar-refractivity contribution < 1.29 is 5.11 Å². The molecule has 2 N–H and O–H groups in total. The lowest BCUT2D eigenvalue weighted by Crippen LogP contribution is -2.03. The third-order valence-corrected chi connectivity index (χ3v) is 5.48. The first-order chi connectivity index (χ1) is 7.63. The van der Waals surface area contributed by atoms with Crippen LogP contribution in [-0.4, -0.2) is 17.0 Å². The Balaban J connectivity index is 2.49. The van der Waals surface area contributed by atoms with E-state index in [4.69, 9.17) is 16.9 Å². The Morgan fingerprint density at radius 3 is 2.69 bits per heavy atom. The van der Waals surface area contributed by atoms with E-state index in [2.05, 4.69) is 24.1 Å². The molecule has 0 aliphatic heterocycles. The standard InChI is InChI=1S/C11H17N2OPS/c1-3-9(2)15(16)13-12-8-10-4-6-11(14)7-5-10/h4-9,14-15H,3H2,1-2H3,(H,13,16)/b12-8+. The van der Waals surface area contributed by atoms with Crippen molar-refractivity contribution in [3.8, 4) is 5.75 Å². The highest BCUT2D eigenvalue weighted by molar-refractivity contribution is 8.04. The van der Waals surface area contributed by atoms with Crippen molar-refractivity contribution in [1.29, 1.82) is 0 Å². The molecule has 0 aromatic heterocycles. The highest BCUT2D eigenvalue weighted by Gasteiger charge is 2.01. The van der Waals surface area contributed by atoms with Gasteiger partial charge in [-0.1, -0.05) is 25.7 Å². The number of benzene rings is 1. The van der Waals surface area contributed by atoms with Crippen LogP contribution in [0.1, 0.15) is 25.8 Å². The van der Waals surface area contributed by atoms with Gasteiger partial charge in [-0.25, -0.2) is 0 Å². The monoisotopic (exact) mass is 256 g/mol. The number of aromatic hydroxyl groups is 1. The molecule has 0 aliphatic rings. The molecule has 0 radical (unpaired) electrons.